The fourth-order valence-corrected chi connectivity index (χ4v) is 4.24. The fraction of sp³-hybridized carbons (Fsp3) is 0.385. The highest BCUT2D eigenvalue weighted by atomic mass is 16.1. The maximum absolute atomic E-state index is 12.2. The van der Waals surface area contributed by atoms with Crippen LogP contribution >= 0.6 is 0 Å². The zero-order valence-corrected chi connectivity index (χ0v) is 17.5. The summed E-state index contributed by atoms with van der Waals surface area (Å²) in [6.45, 7) is 0.922. The molecule has 2 aromatic carbocycles. The molecule has 3 heteroatoms. The first-order valence-electron chi connectivity index (χ1n) is 10.7. The summed E-state index contributed by atoms with van der Waals surface area (Å²) in [5.41, 5.74) is 4.96. The van der Waals surface area contributed by atoms with E-state index in [9.17, 15) is 4.79 Å². The lowest BCUT2D eigenvalue weighted by atomic mass is 9.80. The van der Waals surface area contributed by atoms with Gasteiger partial charge in [-0.2, -0.15) is 0 Å². The van der Waals surface area contributed by atoms with Gasteiger partial charge in [0.05, 0.1) is 5.69 Å². The van der Waals surface area contributed by atoms with Gasteiger partial charge < -0.3 is 4.90 Å². The first-order chi connectivity index (χ1) is 14.1. The number of ketones is 1. The van der Waals surface area contributed by atoms with Crippen molar-refractivity contribution in [2.45, 2.75) is 45.1 Å². The molecule has 4 rings (SSSR count). The smallest absolute Gasteiger partial charge is 0.136 e. The lowest BCUT2D eigenvalue weighted by Gasteiger charge is -2.23. The van der Waals surface area contributed by atoms with Crippen LogP contribution in [0.4, 0.5) is 0 Å². The molecule has 1 aromatic heterocycles. The molecule has 0 aliphatic heterocycles. The molecule has 1 fully saturated rings. The van der Waals surface area contributed by atoms with Crippen LogP contribution in [0.3, 0.4) is 0 Å². The van der Waals surface area contributed by atoms with Crippen LogP contribution in [0, 0.1) is 5.92 Å². The second-order valence-electron chi connectivity index (χ2n) is 8.60. The number of carbonyl (C=O) groups excluding carboxylic acids is 1. The highest BCUT2D eigenvalue weighted by Crippen LogP contribution is 2.29. The molecule has 1 aliphatic rings. The van der Waals surface area contributed by atoms with Crippen molar-refractivity contribution in [3.05, 3.63) is 77.1 Å². The minimum Gasteiger partial charge on any atom is -0.305 e. The Hall–Kier alpha value is -2.52. The maximum Gasteiger partial charge on any atom is 0.136 e. The molecule has 1 saturated carbocycles. The molecule has 0 atom stereocenters. The molecule has 150 valence electrons. The molecular weight excluding hydrogens is 356 g/mol. The summed E-state index contributed by atoms with van der Waals surface area (Å²) in [5, 5.41) is 2.52. The third kappa shape index (κ3) is 4.73. The fourth-order valence-electron chi connectivity index (χ4n) is 4.24. The summed E-state index contributed by atoms with van der Waals surface area (Å²) in [7, 11) is 4.20. The van der Waals surface area contributed by atoms with Gasteiger partial charge in [0.25, 0.3) is 0 Å². The van der Waals surface area contributed by atoms with Crippen LogP contribution in [0.15, 0.2) is 54.7 Å². The van der Waals surface area contributed by atoms with Crippen molar-refractivity contribution >= 4 is 16.6 Å². The average molecular weight is 387 g/mol. The van der Waals surface area contributed by atoms with Gasteiger partial charge in [0, 0.05) is 36.9 Å². The Morgan fingerprint density at radius 3 is 2.59 bits per heavy atom. The van der Waals surface area contributed by atoms with Gasteiger partial charge in [-0.15, -0.1) is 0 Å². The van der Waals surface area contributed by atoms with Gasteiger partial charge >= 0.3 is 0 Å². The number of rotatable bonds is 8. The minimum atomic E-state index is 0.342. The van der Waals surface area contributed by atoms with Crippen molar-refractivity contribution in [2.75, 3.05) is 14.1 Å². The molecule has 0 spiro atoms. The van der Waals surface area contributed by atoms with E-state index in [2.05, 4.69) is 67.5 Å². The summed E-state index contributed by atoms with van der Waals surface area (Å²) < 4.78 is 0. The molecule has 29 heavy (non-hydrogen) atoms. The molecule has 0 radical (unpaired) electrons. The highest BCUT2D eigenvalue weighted by molar-refractivity contribution is 5.87. The zero-order valence-electron chi connectivity index (χ0n) is 17.5. The van der Waals surface area contributed by atoms with Crippen molar-refractivity contribution in [1.82, 2.24) is 9.88 Å². The number of nitrogens with zero attached hydrogens (tertiary/aromatic N) is 2. The number of hydrogen-bond donors (Lipinski definition) is 0. The minimum absolute atomic E-state index is 0.342. The van der Waals surface area contributed by atoms with Crippen LogP contribution in [0.25, 0.3) is 10.8 Å². The van der Waals surface area contributed by atoms with Crippen molar-refractivity contribution in [3.63, 3.8) is 0 Å². The molecule has 0 N–H and O–H groups in total. The quantitative estimate of drug-likeness (QED) is 0.534. The monoisotopic (exact) mass is 386 g/mol. The number of pyridine rings is 1. The van der Waals surface area contributed by atoms with Gasteiger partial charge in [0.15, 0.2) is 0 Å². The van der Waals surface area contributed by atoms with Gasteiger partial charge in [0.2, 0.25) is 0 Å². The van der Waals surface area contributed by atoms with Crippen LogP contribution in [-0.2, 0) is 24.2 Å². The molecule has 1 aliphatic carbocycles. The highest BCUT2D eigenvalue weighted by Gasteiger charge is 2.24. The first-order valence-corrected chi connectivity index (χ1v) is 10.7. The Morgan fingerprint density at radius 2 is 1.83 bits per heavy atom. The Bertz CT molecular complexity index is 1000. The molecule has 3 nitrogen and oxygen atoms in total. The normalized spacial score (nSPS) is 14.3. The zero-order chi connectivity index (χ0) is 20.2. The van der Waals surface area contributed by atoms with Gasteiger partial charge in [-0.05, 0) is 61.5 Å². The standard InChI is InChI=1S/C26H30N2O/c1-28(2)18-22-10-5-11-24-23(22)14-15-27-25(24)17-20-7-3-6-19(16-20)12-13-26(29)21-8-4-9-21/h3,5-7,10-11,14-16,21H,4,8-9,12-13,17-18H2,1-2H3. The number of Topliss-reactive ketones (excluding diaryl/α,β-unsaturated/α-hetero) is 1. The third-order valence-corrected chi connectivity index (χ3v) is 6.05. The average Bonchev–Trinajstić information content (AvgIpc) is 2.66. The summed E-state index contributed by atoms with van der Waals surface area (Å²) >= 11 is 0. The molecular formula is C26H30N2O. The SMILES string of the molecule is CN(C)Cc1cccc2c(Cc3cccc(CCC(=O)C4CCC4)c3)nccc12. The van der Waals surface area contributed by atoms with Crippen molar-refractivity contribution < 1.29 is 4.79 Å². The molecule has 1 heterocycles. The lowest BCUT2D eigenvalue weighted by molar-refractivity contribution is -0.125. The Morgan fingerprint density at radius 1 is 1.03 bits per heavy atom. The number of aryl methyl sites for hydroxylation is 1. The van der Waals surface area contributed by atoms with E-state index in [1.54, 1.807) is 0 Å². The number of hydrogen-bond acceptors (Lipinski definition) is 3. The van der Waals surface area contributed by atoms with E-state index in [4.69, 9.17) is 4.98 Å². The first kappa shape index (κ1) is 19.8. The molecule has 0 saturated heterocycles. The summed E-state index contributed by atoms with van der Waals surface area (Å²) in [5.74, 6) is 0.792. The summed E-state index contributed by atoms with van der Waals surface area (Å²) in [4.78, 5) is 19.1. The van der Waals surface area contributed by atoms with Crippen molar-refractivity contribution in [1.29, 1.82) is 0 Å². The topological polar surface area (TPSA) is 33.2 Å². The summed E-state index contributed by atoms with van der Waals surface area (Å²) in [6, 6.07) is 17.3. The van der Waals surface area contributed by atoms with Crippen LogP contribution in [0.5, 0.6) is 0 Å². The van der Waals surface area contributed by atoms with E-state index < -0.39 is 0 Å². The molecule has 0 amide bonds. The molecule has 0 bridgehead atoms. The lowest BCUT2D eigenvalue weighted by Crippen LogP contribution is -2.22. The third-order valence-electron chi connectivity index (χ3n) is 6.05. The van der Waals surface area contributed by atoms with E-state index in [0.29, 0.717) is 18.1 Å². The van der Waals surface area contributed by atoms with Crippen LogP contribution in [0.1, 0.15) is 48.1 Å². The van der Waals surface area contributed by atoms with Gasteiger partial charge in [-0.25, -0.2) is 0 Å². The molecule has 0 unspecified atom stereocenters. The van der Waals surface area contributed by atoms with E-state index in [-0.39, 0.29) is 0 Å². The van der Waals surface area contributed by atoms with Gasteiger partial charge in [-0.3, -0.25) is 9.78 Å². The van der Waals surface area contributed by atoms with Gasteiger partial charge in [0.1, 0.15) is 5.78 Å². The van der Waals surface area contributed by atoms with Crippen molar-refractivity contribution in [3.8, 4) is 0 Å². The Balaban J connectivity index is 1.51. The van der Waals surface area contributed by atoms with Gasteiger partial charge in [-0.1, -0.05) is 48.9 Å². The summed E-state index contributed by atoms with van der Waals surface area (Å²) in [6.07, 6.45) is 7.68. The van der Waals surface area contributed by atoms with Crippen LogP contribution < -0.4 is 0 Å². The van der Waals surface area contributed by atoms with Crippen molar-refractivity contribution in [2.24, 2.45) is 5.92 Å². The predicted molar refractivity (Wildman–Crippen MR) is 119 cm³/mol. The Labute approximate surface area is 173 Å². The largest absolute Gasteiger partial charge is 0.305 e. The van der Waals surface area contributed by atoms with E-state index in [0.717, 1.165) is 37.9 Å². The number of fused-ring (bicyclic) bond motifs is 1. The second-order valence-corrected chi connectivity index (χ2v) is 8.60. The predicted octanol–water partition coefficient (Wildman–Crippen LogP) is 5.19. The van der Waals surface area contributed by atoms with E-state index in [1.807, 2.05) is 6.20 Å². The van der Waals surface area contributed by atoms with E-state index in [1.165, 1.54) is 33.9 Å². The second kappa shape index (κ2) is 8.87. The number of carbonyl (C=O) groups is 1. The molecule has 3 aromatic rings. The number of aromatic nitrogens is 1. The Kier molecular flexibility index (Phi) is 6.05. The maximum atomic E-state index is 12.2. The van der Waals surface area contributed by atoms with Crippen LogP contribution in [-0.4, -0.2) is 29.8 Å². The van der Waals surface area contributed by atoms with E-state index >= 15 is 0 Å². The number of benzene rings is 2. The van der Waals surface area contributed by atoms with Crippen LogP contribution in [0.2, 0.25) is 0 Å².